The quantitative estimate of drug-likeness (QED) is 0.422. The number of rotatable bonds is 1. The molecular formula is C22H26O8. The van der Waals surface area contributed by atoms with Gasteiger partial charge in [-0.3, -0.25) is 9.59 Å². The van der Waals surface area contributed by atoms with Crippen molar-refractivity contribution < 1.29 is 39.1 Å². The van der Waals surface area contributed by atoms with E-state index in [4.69, 9.17) is 14.2 Å². The van der Waals surface area contributed by atoms with Gasteiger partial charge >= 0.3 is 11.9 Å². The minimum absolute atomic E-state index is 0.228. The van der Waals surface area contributed by atoms with E-state index in [0.29, 0.717) is 12.0 Å². The number of esters is 1. The number of carboxylic acids is 1. The van der Waals surface area contributed by atoms with Crippen LogP contribution in [0.3, 0.4) is 0 Å². The van der Waals surface area contributed by atoms with E-state index in [1.165, 1.54) is 6.08 Å². The topological polar surface area (TPSA) is 123 Å². The fourth-order valence-electron chi connectivity index (χ4n) is 8.20. The van der Waals surface area contributed by atoms with Gasteiger partial charge in [0.1, 0.15) is 16.6 Å². The van der Waals surface area contributed by atoms with Crippen molar-refractivity contribution in [2.24, 2.45) is 28.6 Å². The fraction of sp³-hybridized carbons (Fsp3) is 0.727. The predicted molar refractivity (Wildman–Crippen MR) is 99.8 cm³/mol. The van der Waals surface area contributed by atoms with E-state index in [9.17, 15) is 24.9 Å². The molecule has 3 saturated carbocycles. The molecule has 4 bridgehead atoms. The van der Waals surface area contributed by atoms with Crippen LogP contribution in [0.25, 0.3) is 0 Å². The van der Waals surface area contributed by atoms with Crippen LogP contribution in [0.15, 0.2) is 24.3 Å². The number of carbonyl (C=O) groups excluding carboxylic acids is 1. The molecule has 5 fully saturated rings. The first-order valence-electron chi connectivity index (χ1n) is 10.5. The van der Waals surface area contributed by atoms with Gasteiger partial charge in [-0.1, -0.05) is 12.7 Å². The average molecular weight is 418 g/mol. The Kier molecular flexibility index (Phi) is 3.07. The zero-order valence-corrected chi connectivity index (χ0v) is 17.1. The highest BCUT2D eigenvalue weighted by Gasteiger charge is 2.87. The highest BCUT2D eigenvalue weighted by atomic mass is 16.8. The van der Waals surface area contributed by atoms with Gasteiger partial charge < -0.3 is 29.5 Å². The number of ether oxygens (including phenoxy) is 3. The van der Waals surface area contributed by atoms with Gasteiger partial charge in [0.15, 0.2) is 5.79 Å². The van der Waals surface area contributed by atoms with Crippen molar-refractivity contribution in [3.8, 4) is 0 Å². The van der Waals surface area contributed by atoms with E-state index in [-0.39, 0.29) is 6.42 Å². The van der Waals surface area contributed by atoms with Crippen molar-refractivity contribution in [3.63, 3.8) is 0 Å². The Labute approximate surface area is 173 Å². The highest BCUT2D eigenvalue weighted by molar-refractivity contribution is 5.86. The normalized spacial score (nSPS) is 59.0. The highest BCUT2D eigenvalue weighted by Crippen LogP contribution is 2.79. The first-order valence-corrected chi connectivity index (χ1v) is 10.5. The monoisotopic (exact) mass is 418 g/mol. The number of aliphatic carboxylic acids is 1. The summed E-state index contributed by atoms with van der Waals surface area (Å²) in [4.78, 5) is 25.7. The van der Waals surface area contributed by atoms with Crippen LogP contribution in [-0.2, 0) is 23.8 Å². The maximum absolute atomic E-state index is 13.0. The average Bonchev–Trinajstić information content (AvgIpc) is 3.19. The first kappa shape index (κ1) is 19.0. The molecule has 8 nitrogen and oxygen atoms in total. The van der Waals surface area contributed by atoms with Gasteiger partial charge in [-0.2, -0.15) is 0 Å². The van der Waals surface area contributed by atoms with E-state index in [2.05, 4.69) is 6.58 Å². The van der Waals surface area contributed by atoms with Gasteiger partial charge in [0.05, 0.1) is 24.2 Å². The second-order valence-electron chi connectivity index (χ2n) is 10.6. The van der Waals surface area contributed by atoms with E-state index in [1.807, 2.05) is 0 Å². The molecule has 0 aromatic heterocycles. The largest absolute Gasteiger partial charge is 0.481 e. The molecule has 0 aromatic carbocycles. The van der Waals surface area contributed by atoms with Crippen LogP contribution >= 0.6 is 0 Å². The third-order valence-corrected chi connectivity index (χ3v) is 9.14. The van der Waals surface area contributed by atoms with Gasteiger partial charge in [-0.25, -0.2) is 0 Å². The summed E-state index contributed by atoms with van der Waals surface area (Å²) >= 11 is 0. The van der Waals surface area contributed by atoms with Crippen LogP contribution in [0.5, 0.6) is 0 Å². The summed E-state index contributed by atoms with van der Waals surface area (Å²) in [7, 11) is 0. The molecule has 3 N–H and O–H groups in total. The van der Waals surface area contributed by atoms with Crippen molar-refractivity contribution in [3.05, 3.63) is 24.3 Å². The second kappa shape index (κ2) is 4.85. The molecule has 0 radical (unpaired) electrons. The molecule has 0 amide bonds. The lowest BCUT2D eigenvalue weighted by Crippen LogP contribution is -2.53. The summed E-state index contributed by atoms with van der Waals surface area (Å²) in [5.41, 5.74) is -4.31. The molecule has 2 spiro atoms. The predicted octanol–water partition coefficient (Wildman–Crippen LogP) is 0.767. The van der Waals surface area contributed by atoms with Crippen molar-refractivity contribution in [2.45, 2.75) is 68.9 Å². The van der Waals surface area contributed by atoms with E-state index < -0.39 is 75.8 Å². The summed E-state index contributed by atoms with van der Waals surface area (Å²) in [6.07, 6.45) is 1.03. The smallest absolute Gasteiger partial charge is 0.316 e. The van der Waals surface area contributed by atoms with Crippen molar-refractivity contribution in [1.82, 2.24) is 0 Å². The Balaban J connectivity index is 1.63. The Morgan fingerprint density at radius 3 is 2.63 bits per heavy atom. The maximum Gasteiger partial charge on any atom is 0.316 e. The zero-order chi connectivity index (χ0) is 21.6. The SMILES string of the molecule is C=C1[C@@H](O)[C@]23C[C@]14OC(C)(C)O[C@H]4C[C@H]2[C@@]12C=C[C@H](O)[C@@](C)(C(=O)O1)[C@H]2[C@@H]3C(=O)O. The summed E-state index contributed by atoms with van der Waals surface area (Å²) in [5, 5.41) is 32.6. The van der Waals surface area contributed by atoms with E-state index in [0.717, 1.165) is 0 Å². The van der Waals surface area contributed by atoms with Gasteiger partial charge in [0.25, 0.3) is 0 Å². The molecule has 2 aliphatic heterocycles. The van der Waals surface area contributed by atoms with Gasteiger partial charge in [0, 0.05) is 17.3 Å². The molecule has 0 aromatic rings. The number of aliphatic hydroxyl groups is 2. The third-order valence-electron chi connectivity index (χ3n) is 9.14. The second-order valence-corrected chi connectivity index (χ2v) is 10.6. The maximum atomic E-state index is 13.0. The number of hydrogen-bond acceptors (Lipinski definition) is 7. The molecule has 6 aliphatic rings. The first-order chi connectivity index (χ1) is 13.9. The molecule has 6 rings (SSSR count). The molecule has 0 unspecified atom stereocenters. The Morgan fingerprint density at radius 2 is 1.97 bits per heavy atom. The van der Waals surface area contributed by atoms with Gasteiger partial charge in [0.2, 0.25) is 0 Å². The number of carboxylic acid groups (broad SMARTS) is 1. The van der Waals surface area contributed by atoms with Gasteiger partial charge in [-0.15, -0.1) is 0 Å². The molecule has 162 valence electrons. The molecule has 10 atom stereocenters. The summed E-state index contributed by atoms with van der Waals surface area (Å²) < 4.78 is 18.4. The zero-order valence-electron chi connectivity index (χ0n) is 17.1. The van der Waals surface area contributed by atoms with Crippen molar-refractivity contribution >= 4 is 11.9 Å². The van der Waals surface area contributed by atoms with Crippen LogP contribution < -0.4 is 0 Å². The minimum Gasteiger partial charge on any atom is -0.481 e. The summed E-state index contributed by atoms with van der Waals surface area (Å²) in [6.45, 7) is 9.28. The van der Waals surface area contributed by atoms with Crippen LogP contribution in [0, 0.1) is 28.6 Å². The van der Waals surface area contributed by atoms with Crippen molar-refractivity contribution in [2.75, 3.05) is 0 Å². The van der Waals surface area contributed by atoms with Crippen LogP contribution in [-0.4, -0.2) is 62.6 Å². The van der Waals surface area contributed by atoms with Crippen molar-refractivity contribution in [1.29, 1.82) is 0 Å². The number of carbonyl (C=O) groups is 2. The summed E-state index contributed by atoms with van der Waals surface area (Å²) in [6, 6.07) is 0. The summed E-state index contributed by atoms with van der Waals surface area (Å²) in [5.74, 6) is -5.05. The van der Waals surface area contributed by atoms with E-state index in [1.54, 1.807) is 26.8 Å². The fourth-order valence-corrected chi connectivity index (χ4v) is 8.20. The standard InChI is InChI=1S/C22H26O8/c1-9-15(24)20-8-22(9)12(28-18(2,3)30-22)7-10(20)21-6-5-11(23)19(4,17(27)29-21)14(21)13(20)16(25)26/h5-6,10-15,23-24H,1,7-8H2,2-4H3,(H,25,26)/t10-,11+,12+,13-,14-,15-,19-,20-,21-,22+/m1/s1. The lowest BCUT2D eigenvalue weighted by Gasteiger charge is -2.46. The Morgan fingerprint density at radius 1 is 1.27 bits per heavy atom. The lowest BCUT2D eigenvalue weighted by atomic mass is 9.60. The molecular weight excluding hydrogens is 392 g/mol. The Hall–Kier alpha value is -1.74. The van der Waals surface area contributed by atoms with Crippen LogP contribution in [0.1, 0.15) is 33.6 Å². The third kappa shape index (κ3) is 1.60. The number of aliphatic hydroxyl groups excluding tert-OH is 2. The minimum atomic E-state index is -1.41. The lowest BCUT2D eigenvalue weighted by molar-refractivity contribution is -0.169. The molecule has 30 heavy (non-hydrogen) atoms. The molecule has 4 aliphatic carbocycles. The van der Waals surface area contributed by atoms with E-state index >= 15 is 0 Å². The number of hydrogen-bond donors (Lipinski definition) is 3. The van der Waals surface area contributed by atoms with Crippen LogP contribution in [0.4, 0.5) is 0 Å². The molecule has 2 heterocycles. The molecule has 2 saturated heterocycles. The molecule has 8 heteroatoms. The Bertz CT molecular complexity index is 955. The van der Waals surface area contributed by atoms with Gasteiger partial charge in [-0.05, 0) is 45.3 Å². The van der Waals surface area contributed by atoms with Crippen LogP contribution in [0.2, 0.25) is 0 Å².